The monoisotopic (exact) mass is 611 g/mol. The van der Waals surface area contributed by atoms with Crippen LogP contribution in [0, 0.1) is 13.8 Å². The molecule has 0 aliphatic carbocycles. The number of amides is 2. The summed E-state index contributed by atoms with van der Waals surface area (Å²) < 4.78 is 26.8. The molecule has 2 amide bonds. The summed E-state index contributed by atoms with van der Waals surface area (Å²) in [5.41, 5.74) is 4.20. The topological polar surface area (TPSA) is 86.8 Å². The quantitative estimate of drug-likeness (QED) is 0.212. The minimum Gasteiger partial charge on any atom is -0.354 e. The Morgan fingerprint density at radius 1 is 0.929 bits per heavy atom. The number of hydrogen-bond donors (Lipinski definition) is 1. The fourth-order valence-electron chi connectivity index (χ4n) is 4.90. The van der Waals surface area contributed by atoms with Crippen LogP contribution in [0.4, 0.5) is 5.69 Å². The Hall–Kier alpha value is -3.36. The highest BCUT2D eigenvalue weighted by atomic mass is 35.5. The molecule has 0 aliphatic heterocycles. The smallest absolute Gasteiger partial charge is 0.243 e. The highest BCUT2D eigenvalue weighted by Gasteiger charge is 2.30. The van der Waals surface area contributed by atoms with Gasteiger partial charge in [0, 0.05) is 37.5 Å². The fraction of sp³-hybridized carbons (Fsp3) is 0.394. The Balaban J connectivity index is 1.89. The molecule has 0 saturated carbocycles. The third-order valence-corrected chi connectivity index (χ3v) is 8.54. The first kappa shape index (κ1) is 33.1. The Labute approximate surface area is 255 Å². The van der Waals surface area contributed by atoms with Crippen LogP contribution in [0.15, 0.2) is 72.8 Å². The summed E-state index contributed by atoms with van der Waals surface area (Å²) in [5.74, 6) is -0.403. The largest absolute Gasteiger partial charge is 0.354 e. The third kappa shape index (κ3) is 9.88. The fourth-order valence-corrected chi connectivity index (χ4v) is 6.08. The number of halogens is 1. The van der Waals surface area contributed by atoms with Crippen molar-refractivity contribution < 1.29 is 18.0 Å². The summed E-state index contributed by atoms with van der Waals surface area (Å²) in [6.07, 6.45) is 3.66. The molecule has 3 rings (SSSR count). The SMILES string of the molecule is CCCCNC(=O)[C@H](Cc1ccccc1)N(Cc1cccc(C)c1)C(=O)CCCN(c1cc(Cl)ccc1C)S(C)(=O)=O. The molecular weight excluding hydrogens is 570 g/mol. The second kappa shape index (κ2) is 15.8. The van der Waals surface area contributed by atoms with Gasteiger partial charge in [-0.15, -0.1) is 0 Å². The Morgan fingerprint density at radius 2 is 1.64 bits per heavy atom. The van der Waals surface area contributed by atoms with E-state index in [4.69, 9.17) is 11.6 Å². The number of carbonyl (C=O) groups is 2. The standard InChI is InChI=1S/C33H42ClN3O4S/c1-5-6-19-35-33(39)31(22-27-13-8-7-9-14-27)36(24-28-15-10-12-25(2)21-28)32(38)16-11-20-37(42(4,40)41)30-23-29(34)18-17-26(30)3/h7-10,12-15,17-18,21,23,31H,5-6,11,16,19-20,22,24H2,1-4H3,(H,35,39)/t31-/m0/s1. The van der Waals surface area contributed by atoms with Crippen molar-refractivity contribution in [2.24, 2.45) is 0 Å². The number of benzene rings is 3. The van der Waals surface area contributed by atoms with Gasteiger partial charge in [0.1, 0.15) is 6.04 Å². The average Bonchev–Trinajstić information content (AvgIpc) is 2.94. The van der Waals surface area contributed by atoms with E-state index in [-0.39, 0.29) is 37.7 Å². The number of rotatable bonds is 15. The maximum Gasteiger partial charge on any atom is 0.243 e. The predicted molar refractivity (Wildman–Crippen MR) is 171 cm³/mol. The van der Waals surface area contributed by atoms with Gasteiger partial charge in [-0.05, 0) is 55.5 Å². The van der Waals surface area contributed by atoms with Gasteiger partial charge in [-0.3, -0.25) is 13.9 Å². The number of sulfonamides is 1. The Bertz CT molecular complexity index is 1450. The summed E-state index contributed by atoms with van der Waals surface area (Å²) in [6, 6.07) is 22.0. The molecule has 42 heavy (non-hydrogen) atoms. The second-order valence-electron chi connectivity index (χ2n) is 10.7. The lowest BCUT2D eigenvalue weighted by Crippen LogP contribution is -2.50. The molecule has 7 nitrogen and oxygen atoms in total. The first-order chi connectivity index (χ1) is 20.0. The minimum atomic E-state index is -3.63. The van der Waals surface area contributed by atoms with Gasteiger partial charge in [-0.1, -0.05) is 91.2 Å². The molecule has 0 aliphatic rings. The lowest BCUT2D eigenvalue weighted by molar-refractivity contribution is -0.141. The van der Waals surface area contributed by atoms with Crippen molar-refractivity contribution in [1.82, 2.24) is 10.2 Å². The van der Waals surface area contributed by atoms with Crippen molar-refractivity contribution in [3.05, 3.63) is 100 Å². The van der Waals surface area contributed by atoms with E-state index < -0.39 is 16.1 Å². The van der Waals surface area contributed by atoms with Crippen molar-refractivity contribution in [2.75, 3.05) is 23.7 Å². The van der Waals surface area contributed by atoms with Crippen LogP contribution in [0.1, 0.15) is 54.9 Å². The maximum atomic E-state index is 13.9. The van der Waals surface area contributed by atoms with E-state index in [2.05, 4.69) is 12.2 Å². The number of hydrogen-bond acceptors (Lipinski definition) is 4. The van der Waals surface area contributed by atoms with E-state index in [0.29, 0.717) is 23.7 Å². The first-order valence-electron chi connectivity index (χ1n) is 14.4. The van der Waals surface area contributed by atoms with Gasteiger partial charge in [0.15, 0.2) is 0 Å². The number of nitrogens with zero attached hydrogens (tertiary/aromatic N) is 2. The van der Waals surface area contributed by atoms with Crippen molar-refractivity contribution >= 4 is 39.1 Å². The molecule has 0 saturated heterocycles. The number of unbranched alkanes of at least 4 members (excludes halogenated alkanes) is 1. The number of aryl methyl sites for hydroxylation is 2. The van der Waals surface area contributed by atoms with Crippen molar-refractivity contribution in [1.29, 1.82) is 0 Å². The molecule has 1 N–H and O–H groups in total. The lowest BCUT2D eigenvalue weighted by Gasteiger charge is -2.32. The van der Waals surface area contributed by atoms with E-state index in [1.54, 1.807) is 23.1 Å². The summed E-state index contributed by atoms with van der Waals surface area (Å²) in [7, 11) is -3.63. The molecule has 0 unspecified atom stereocenters. The number of anilines is 1. The molecular formula is C33H42ClN3O4S. The van der Waals surface area contributed by atoms with Gasteiger partial charge < -0.3 is 10.2 Å². The van der Waals surface area contributed by atoms with Crippen LogP contribution >= 0.6 is 11.6 Å². The predicted octanol–water partition coefficient (Wildman–Crippen LogP) is 6.06. The third-order valence-electron chi connectivity index (χ3n) is 7.13. The molecule has 0 aromatic heterocycles. The van der Waals surface area contributed by atoms with Crippen LogP contribution in [-0.4, -0.2) is 50.5 Å². The van der Waals surface area contributed by atoms with Gasteiger partial charge in [0.2, 0.25) is 21.8 Å². The first-order valence-corrected chi connectivity index (χ1v) is 16.6. The van der Waals surface area contributed by atoms with Crippen LogP contribution in [0.5, 0.6) is 0 Å². The minimum absolute atomic E-state index is 0.0744. The van der Waals surface area contributed by atoms with Crippen molar-refractivity contribution in [2.45, 2.75) is 65.5 Å². The highest BCUT2D eigenvalue weighted by Crippen LogP contribution is 2.27. The van der Waals surface area contributed by atoms with Gasteiger partial charge in [-0.25, -0.2) is 8.42 Å². The highest BCUT2D eigenvalue weighted by molar-refractivity contribution is 7.92. The van der Waals surface area contributed by atoms with Crippen LogP contribution in [0.2, 0.25) is 5.02 Å². The van der Waals surface area contributed by atoms with E-state index in [1.165, 1.54) is 4.31 Å². The lowest BCUT2D eigenvalue weighted by atomic mass is 10.0. The van der Waals surface area contributed by atoms with Gasteiger partial charge in [0.05, 0.1) is 11.9 Å². The molecule has 3 aromatic carbocycles. The molecule has 1 atom stereocenters. The van der Waals surface area contributed by atoms with Gasteiger partial charge in [0.25, 0.3) is 0 Å². The molecule has 0 bridgehead atoms. The van der Waals surface area contributed by atoms with E-state index >= 15 is 0 Å². The summed E-state index contributed by atoms with van der Waals surface area (Å²) >= 11 is 6.18. The Morgan fingerprint density at radius 3 is 2.31 bits per heavy atom. The molecule has 0 fully saturated rings. The van der Waals surface area contributed by atoms with Gasteiger partial charge in [-0.2, -0.15) is 0 Å². The molecule has 3 aromatic rings. The zero-order valence-electron chi connectivity index (χ0n) is 25.0. The van der Waals surface area contributed by atoms with E-state index in [1.807, 2.05) is 68.4 Å². The summed E-state index contributed by atoms with van der Waals surface area (Å²) in [6.45, 7) is 6.79. The maximum absolute atomic E-state index is 13.9. The molecule has 0 spiro atoms. The van der Waals surface area contributed by atoms with Crippen molar-refractivity contribution in [3.8, 4) is 0 Å². The molecule has 226 valence electrons. The van der Waals surface area contributed by atoms with Crippen molar-refractivity contribution in [3.63, 3.8) is 0 Å². The van der Waals surface area contributed by atoms with Gasteiger partial charge >= 0.3 is 0 Å². The Kier molecular flexibility index (Phi) is 12.4. The van der Waals surface area contributed by atoms with Crippen LogP contribution < -0.4 is 9.62 Å². The average molecular weight is 612 g/mol. The molecule has 0 heterocycles. The molecule has 0 radical (unpaired) electrons. The molecule has 9 heteroatoms. The van der Waals surface area contributed by atoms with E-state index in [9.17, 15) is 18.0 Å². The summed E-state index contributed by atoms with van der Waals surface area (Å²) in [4.78, 5) is 29.2. The summed E-state index contributed by atoms with van der Waals surface area (Å²) in [5, 5.41) is 3.46. The number of nitrogens with one attached hydrogen (secondary N) is 1. The number of carbonyl (C=O) groups excluding carboxylic acids is 2. The second-order valence-corrected chi connectivity index (χ2v) is 13.1. The normalized spacial score (nSPS) is 12.0. The van der Waals surface area contributed by atoms with Crippen LogP contribution in [-0.2, 0) is 32.6 Å². The van der Waals surface area contributed by atoms with Crippen LogP contribution in [0.3, 0.4) is 0 Å². The van der Waals surface area contributed by atoms with Crippen LogP contribution in [0.25, 0.3) is 0 Å². The zero-order valence-corrected chi connectivity index (χ0v) is 26.5. The van der Waals surface area contributed by atoms with E-state index in [0.717, 1.165) is 41.4 Å². The zero-order chi connectivity index (χ0) is 30.7.